The van der Waals surface area contributed by atoms with Gasteiger partial charge in [0.2, 0.25) is 11.5 Å². The molecule has 1 fully saturated rings. The van der Waals surface area contributed by atoms with Crippen LogP contribution in [0.3, 0.4) is 0 Å². The van der Waals surface area contributed by atoms with Crippen molar-refractivity contribution in [2.24, 2.45) is 7.05 Å². The molecule has 92 valence electrons. The molecule has 1 saturated heterocycles. The van der Waals surface area contributed by atoms with Gasteiger partial charge in [0.05, 0.1) is 11.7 Å². The largest absolute Gasteiger partial charge is 0.323 e. The first-order valence-corrected chi connectivity index (χ1v) is 6.61. The van der Waals surface area contributed by atoms with Crippen LogP contribution in [0.5, 0.6) is 0 Å². The number of hydrogen-bond acceptors (Lipinski definition) is 4. The Morgan fingerprint density at radius 1 is 1.59 bits per heavy atom. The lowest BCUT2D eigenvalue weighted by atomic mass is 10.3. The van der Waals surface area contributed by atoms with E-state index in [-0.39, 0.29) is 17.5 Å². The molecular weight excluding hydrogens is 238 g/mol. The zero-order valence-electron chi connectivity index (χ0n) is 9.60. The van der Waals surface area contributed by atoms with Crippen LogP contribution in [0.15, 0.2) is 23.1 Å². The van der Waals surface area contributed by atoms with Crippen molar-refractivity contribution in [3.8, 4) is 0 Å². The minimum absolute atomic E-state index is 0.0455. The number of carbonyl (C=O) groups excluding carboxylic acids is 1. The van der Waals surface area contributed by atoms with Gasteiger partial charge in [0.25, 0.3) is 0 Å². The number of aryl methyl sites for hydroxylation is 1. The van der Waals surface area contributed by atoms with Gasteiger partial charge in [-0.1, -0.05) is 0 Å². The number of thioether (sulfide) groups is 1. The van der Waals surface area contributed by atoms with E-state index in [2.05, 4.69) is 10.6 Å². The number of aromatic nitrogens is 1. The molecule has 2 N–H and O–H groups in total. The van der Waals surface area contributed by atoms with Crippen LogP contribution in [-0.4, -0.2) is 34.6 Å². The van der Waals surface area contributed by atoms with Gasteiger partial charge in [-0.2, -0.15) is 11.8 Å². The molecule has 0 aromatic carbocycles. The zero-order valence-corrected chi connectivity index (χ0v) is 10.4. The Kier molecular flexibility index (Phi) is 3.86. The van der Waals surface area contributed by atoms with Crippen molar-refractivity contribution in [1.29, 1.82) is 0 Å². The highest BCUT2D eigenvalue weighted by atomic mass is 32.2. The van der Waals surface area contributed by atoms with Crippen LogP contribution < -0.4 is 16.2 Å². The van der Waals surface area contributed by atoms with Crippen LogP contribution in [-0.2, 0) is 11.8 Å². The Labute approximate surface area is 104 Å². The predicted molar refractivity (Wildman–Crippen MR) is 69.4 cm³/mol. The third-order valence-corrected chi connectivity index (χ3v) is 3.65. The van der Waals surface area contributed by atoms with E-state index in [0.29, 0.717) is 5.69 Å². The van der Waals surface area contributed by atoms with Gasteiger partial charge in [-0.25, -0.2) is 0 Å². The molecule has 1 aromatic heterocycles. The average Bonchev–Trinajstić information content (AvgIpc) is 2.35. The first kappa shape index (κ1) is 12.2. The number of pyridine rings is 1. The molecular formula is C11H15N3O2S. The van der Waals surface area contributed by atoms with Crippen LogP contribution in [0.1, 0.15) is 0 Å². The number of carbonyl (C=O) groups is 1. The van der Waals surface area contributed by atoms with Gasteiger partial charge < -0.3 is 15.2 Å². The summed E-state index contributed by atoms with van der Waals surface area (Å²) in [5, 5.41) is 5.97. The van der Waals surface area contributed by atoms with Crippen LogP contribution in [0.2, 0.25) is 0 Å². The molecule has 1 aromatic rings. The molecule has 0 spiro atoms. The zero-order chi connectivity index (χ0) is 12.3. The van der Waals surface area contributed by atoms with E-state index in [0.717, 1.165) is 18.1 Å². The molecule has 5 nitrogen and oxygen atoms in total. The number of nitrogens with zero attached hydrogens (tertiary/aromatic N) is 1. The summed E-state index contributed by atoms with van der Waals surface area (Å²) in [7, 11) is 1.66. The molecule has 6 heteroatoms. The van der Waals surface area contributed by atoms with E-state index in [9.17, 15) is 9.59 Å². The van der Waals surface area contributed by atoms with Gasteiger partial charge in [0.1, 0.15) is 0 Å². The summed E-state index contributed by atoms with van der Waals surface area (Å²) < 4.78 is 1.44. The fraction of sp³-hybridized carbons (Fsp3) is 0.455. The molecule has 1 unspecified atom stereocenters. The number of nitrogens with one attached hydrogen (secondary N) is 2. The molecule has 17 heavy (non-hydrogen) atoms. The summed E-state index contributed by atoms with van der Waals surface area (Å²) in [5.41, 5.74) is 0.559. The highest BCUT2D eigenvalue weighted by Crippen LogP contribution is 2.10. The molecule has 1 aliphatic heterocycles. The highest BCUT2D eigenvalue weighted by molar-refractivity contribution is 7.99. The third kappa shape index (κ3) is 3.10. The van der Waals surface area contributed by atoms with Crippen LogP contribution in [0, 0.1) is 0 Å². The van der Waals surface area contributed by atoms with Crippen LogP contribution in [0.4, 0.5) is 5.69 Å². The second kappa shape index (κ2) is 5.37. The normalized spacial score (nSPS) is 19.9. The van der Waals surface area contributed by atoms with E-state index in [1.807, 2.05) is 0 Å². The molecule has 0 aliphatic carbocycles. The molecule has 0 saturated carbocycles. The molecule has 2 rings (SSSR count). The van der Waals surface area contributed by atoms with E-state index in [1.165, 1.54) is 10.6 Å². The lowest BCUT2D eigenvalue weighted by Crippen LogP contribution is -2.46. The van der Waals surface area contributed by atoms with Crippen molar-refractivity contribution in [3.63, 3.8) is 0 Å². The maximum Gasteiger partial charge on any atom is 0.250 e. The van der Waals surface area contributed by atoms with Gasteiger partial charge in [-0.3, -0.25) is 9.59 Å². The van der Waals surface area contributed by atoms with Crippen molar-refractivity contribution in [2.75, 3.05) is 23.4 Å². The van der Waals surface area contributed by atoms with Gasteiger partial charge in [-0.05, 0) is 6.07 Å². The van der Waals surface area contributed by atoms with Crippen molar-refractivity contribution in [1.82, 2.24) is 9.88 Å². The van der Waals surface area contributed by atoms with Crippen molar-refractivity contribution < 1.29 is 4.79 Å². The van der Waals surface area contributed by atoms with Crippen molar-refractivity contribution in [3.05, 3.63) is 28.7 Å². The van der Waals surface area contributed by atoms with Crippen molar-refractivity contribution >= 4 is 23.4 Å². The first-order chi connectivity index (χ1) is 8.16. The van der Waals surface area contributed by atoms with Gasteiger partial charge in [0, 0.05) is 37.4 Å². The number of amides is 1. The molecule has 1 amide bonds. The summed E-state index contributed by atoms with van der Waals surface area (Å²) in [6.07, 6.45) is 1.62. The van der Waals surface area contributed by atoms with Gasteiger partial charge >= 0.3 is 0 Å². The molecule has 1 atom stereocenters. The minimum atomic E-state index is -0.147. The summed E-state index contributed by atoms with van der Waals surface area (Å²) in [5.74, 6) is 1.79. The fourth-order valence-corrected chi connectivity index (χ4v) is 2.56. The summed E-state index contributed by atoms with van der Waals surface area (Å²) in [4.78, 5) is 23.1. The molecule has 2 heterocycles. The molecule has 0 bridgehead atoms. The van der Waals surface area contributed by atoms with Crippen molar-refractivity contribution in [2.45, 2.75) is 6.04 Å². The highest BCUT2D eigenvalue weighted by Gasteiger charge is 2.20. The monoisotopic (exact) mass is 253 g/mol. The summed E-state index contributed by atoms with van der Waals surface area (Å²) >= 11 is 1.77. The predicted octanol–water partition coefficient (Wildman–Crippen LogP) is 0.0288. The van der Waals surface area contributed by atoms with Crippen LogP contribution in [0.25, 0.3) is 0 Å². The second-order valence-corrected chi connectivity index (χ2v) is 5.09. The Morgan fingerprint density at radius 3 is 3.06 bits per heavy atom. The fourth-order valence-electron chi connectivity index (χ4n) is 1.63. The summed E-state index contributed by atoms with van der Waals surface area (Å²) in [6.45, 7) is 0.857. The lowest BCUT2D eigenvalue weighted by Gasteiger charge is -2.22. The van der Waals surface area contributed by atoms with Gasteiger partial charge in [0.15, 0.2) is 0 Å². The maximum absolute atomic E-state index is 11.9. The third-order valence-electron chi connectivity index (χ3n) is 2.59. The standard InChI is InChI=1S/C11H15N3O2S/c1-14-6-8(2-3-10(14)15)13-11(16)9-7-17-5-4-12-9/h2-3,6,9,12H,4-5,7H2,1H3,(H,13,16). The Morgan fingerprint density at radius 2 is 2.41 bits per heavy atom. The minimum Gasteiger partial charge on any atom is -0.323 e. The Balaban J connectivity index is 2.02. The maximum atomic E-state index is 11.9. The second-order valence-electron chi connectivity index (χ2n) is 3.94. The lowest BCUT2D eigenvalue weighted by molar-refractivity contribution is -0.117. The molecule has 0 radical (unpaired) electrons. The Hall–Kier alpha value is -1.27. The van der Waals surface area contributed by atoms with Gasteiger partial charge in [-0.15, -0.1) is 0 Å². The topological polar surface area (TPSA) is 63.1 Å². The Bertz CT molecular complexity index is 466. The van der Waals surface area contributed by atoms with Crippen LogP contribution >= 0.6 is 11.8 Å². The number of rotatable bonds is 2. The van der Waals surface area contributed by atoms with E-state index in [1.54, 1.807) is 31.1 Å². The first-order valence-electron chi connectivity index (χ1n) is 5.45. The van der Waals surface area contributed by atoms with E-state index in [4.69, 9.17) is 0 Å². The number of hydrogen-bond donors (Lipinski definition) is 2. The van der Waals surface area contributed by atoms with E-state index < -0.39 is 0 Å². The molecule has 1 aliphatic rings. The average molecular weight is 253 g/mol. The van der Waals surface area contributed by atoms with E-state index >= 15 is 0 Å². The number of anilines is 1. The summed E-state index contributed by atoms with van der Waals surface area (Å²) in [6, 6.07) is 2.92. The SMILES string of the molecule is Cn1cc(NC(=O)C2CSCCN2)ccc1=O. The quantitative estimate of drug-likeness (QED) is 0.780. The smallest absolute Gasteiger partial charge is 0.250 e.